The van der Waals surface area contributed by atoms with Crippen molar-refractivity contribution in [1.82, 2.24) is 5.32 Å². The van der Waals surface area contributed by atoms with Gasteiger partial charge in [-0.05, 0) is 53.0 Å². The van der Waals surface area contributed by atoms with Crippen molar-refractivity contribution in [3.8, 4) is 0 Å². The number of carbonyl (C=O) groups excluding carboxylic acids is 2. The number of rotatable bonds is 5. The zero-order chi connectivity index (χ0) is 20.2. The first-order valence-electron chi connectivity index (χ1n) is 9.38. The lowest BCUT2D eigenvalue weighted by molar-refractivity contribution is -0.154. The first kappa shape index (κ1) is 21.2. The molecule has 0 radical (unpaired) electrons. The highest BCUT2D eigenvalue weighted by Crippen LogP contribution is 2.40. The number of nitrogens with one attached hydrogen (secondary N) is 1. The maximum Gasteiger partial charge on any atom is 0.407 e. The standard InChI is InChI=1S/C21H31NO5/c1-20(2,3)27-19(24)22-15-11-16(17(12-15)21(4,5)25)18(23)26-13-14-9-7-6-8-10-14/h6-10,15-17,25H,11-13H2,1-5H3,(H,22,24)/t15?,16-,17?/m1/s1. The van der Waals surface area contributed by atoms with Gasteiger partial charge in [0.2, 0.25) is 0 Å². The largest absolute Gasteiger partial charge is 0.461 e. The first-order chi connectivity index (χ1) is 12.5. The van der Waals surface area contributed by atoms with E-state index in [0.29, 0.717) is 12.8 Å². The molecule has 27 heavy (non-hydrogen) atoms. The predicted molar refractivity (Wildman–Crippen MR) is 102 cm³/mol. The van der Waals surface area contributed by atoms with Crippen molar-refractivity contribution in [1.29, 1.82) is 0 Å². The maximum absolute atomic E-state index is 12.7. The number of alkyl carbamates (subject to hydrolysis) is 1. The van der Waals surface area contributed by atoms with Gasteiger partial charge in [-0.15, -0.1) is 0 Å². The summed E-state index contributed by atoms with van der Waals surface area (Å²) < 4.78 is 10.8. The summed E-state index contributed by atoms with van der Waals surface area (Å²) in [4.78, 5) is 24.7. The third-order valence-corrected chi connectivity index (χ3v) is 4.72. The van der Waals surface area contributed by atoms with E-state index in [2.05, 4.69) is 5.32 Å². The van der Waals surface area contributed by atoms with Crippen molar-refractivity contribution in [2.45, 2.75) is 71.3 Å². The lowest BCUT2D eigenvalue weighted by Crippen LogP contribution is -2.39. The van der Waals surface area contributed by atoms with Crippen LogP contribution in [0.4, 0.5) is 4.79 Å². The van der Waals surface area contributed by atoms with Crippen LogP contribution in [0.2, 0.25) is 0 Å². The third-order valence-electron chi connectivity index (χ3n) is 4.72. The van der Waals surface area contributed by atoms with Gasteiger partial charge in [0.1, 0.15) is 12.2 Å². The zero-order valence-electron chi connectivity index (χ0n) is 16.8. The summed E-state index contributed by atoms with van der Waals surface area (Å²) in [6.45, 7) is 8.95. The van der Waals surface area contributed by atoms with Crippen molar-refractivity contribution in [3.05, 3.63) is 35.9 Å². The second-order valence-electron chi connectivity index (χ2n) is 8.77. The maximum atomic E-state index is 12.7. The topological polar surface area (TPSA) is 84.9 Å². The Bertz CT molecular complexity index is 645. The van der Waals surface area contributed by atoms with Crippen LogP contribution < -0.4 is 5.32 Å². The number of hydrogen-bond acceptors (Lipinski definition) is 5. The van der Waals surface area contributed by atoms with Crippen LogP contribution >= 0.6 is 0 Å². The van der Waals surface area contributed by atoms with E-state index in [9.17, 15) is 14.7 Å². The Labute approximate surface area is 161 Å². The van der Waals surface area contributed by atoms with Gasteiger partial charge < -0.3 is 19.9 Å². The number of aliphatic hydroxyl groups is 1. The molecule has 0 heterocycles. The molecule has 1 amide bonds. The number of benzene rings is 1. The number of amides is 1. The Morgan fingerprint density at radius 3 is 2.30 bits per heavy atom. The number of carbonyl (C=O) groups is 2. The van der Waals surface area contributed by atoms with Gasteiger partial charge in [0.25, 0.3) is 0 Å². The van der Waals surface area contributed by atoms with Gasteiger partial charge in [-0.2, -0.15) is 0 Å². The van der Waals surface area contributed by atoms with Crippen LogP contribution in [-0.4, -0.2) is 34.4 Å². The third kappa shape index (κ3) is 6.54. The van der Waals surface area contributed by atoms with E-state index < -0.39 is 23.2 Å². The van der Waals surface area contributed by atoms with Crippen LogP contribution in [0.1, 0.15) is 53.0 Å². The Morgan fingerprint density at radius 1 is 1.11 bits per heavy atom. The van der Waals surface area contributed by atoms with Crippen LogP contribution in [0.25, 0.3) is 0 Å². The van der Waals surface area contributed by atoms with Crippen molar-refractivity contribution >= 4 is 12.1 Å². The van der Waals surface area contributed by atoms with Crippen molar-refractivity contribution in [2.75, 3.05) is 0 Å². The van der Waals surface area contributed by atoms with Gasteiger partial charge in [-0.1, -0.05) is 30.3 Å². The molecule has 0 bridgehead atoms. The molecule has 1 aromatic rings. The van der Waals surface area contributed by atoms with Gasteiger partial charge in [0, 0.05) is 12.0 Å². The summed E-state index contributed by atoms with van der Waals surface area (Å²) in [7, 11) is 0. The first-order valence-corrected chi connectivity index (χ1v) is 9.38. The second kappa shape index (κ2) is 8.30. The SMILES string of the molecule is CC(C)(C)OC(=O)NC1CC(C(C)(C)O)[C@H](C(=O)OCc2ccccc2)C1. The van der Waals surface area contributed by atoms with E-state index in [1.54, 1.807) is 34.6 Å². The van der Waals surface area contributed by atoms with Gasteiger partial charge in [-0.25, -0.2) is 4.79 Å². The van der Waals surface area contributed by atoms with Crippen LogP contribution in [0.5, 0.6) is 0 Å². The van der Waals surface area contributed by atoms with Crippen LogP contribution in [0.15, 0.2) is 30.3 Å². The Balaban J connectivity index is 2.00. The Morgan fingerprint density at radius 2 is 1.74 bits per heavy atom. The zero-order valence-corrected chi connectivity index (χ0v) is 16.8. The minimum Gasteiger partial charge on any atom is -0.461 e. The molecule has 3 atom stereocenters. The number of ether oxygens (including phenoxy) is 2. The molecule has 1 saturated carbocycles. The lowest BCUT2D eigenvalue weighted by Gasteiger charge is -2.29. The molecule has 0 aliphatic heterocycles. The summed E-state index contributed by atoms with van der Waals surface area (Å²) in [5, 5.41) is 13.3. The molecule has 150 valence electrons. The van der Waals surface area contributed by atoms with Crippen molar-refractivity contribution in [3.63, 3.8) is 0 Å². The molecule has 2 unspecified atom stereocenters. The second-order valence-corrected chi connectivity index (χ2v) is 8.77. The van der Waals surface area contributed by atoms with Crippen molar-refractivity contribution < 1.29 is 24.2 Å². The van der Waals surface area contributed by atoms with E-state index in [4.69, 9.17) is 9.47 Å². The van der Waals surface area contributed by atoms with Gasteiger partial charge in [0.15, 0.2) is 0 Å². The van der Waals surface area contributed by atoms with Crippen LogP contribution in [-0.2, 0) is 20.9 Å². The summed E-state index contributed by atoms with van der Waals surface area (Å²) in [6.07, 6.45) is 0.398. The van der Waals surface area contributed by atoms with E-state index in [1.165, 1.54) is 0 Å². The minimum atomic E-state index is -1.05. The molecular formula is C21H31NO5. The van der Waals surface area contributed by atoms with Gasteiger partial charge >= 0.3 is 12.1 Å². The fraction of sp³-hybridized carbons (Fsp3) is 0.619. The highest BCUT2D eigenvalue weighted by molar-refractivity contribution is 5.74. The molecule has 6 heteroatoms. The average Bonchev–Trinajstić information content (AvgIpc) is 2.96. The van der Waals surface area contributed by atoms with Gasteiger partial charge in [0.05, 0.1) is 11.5 Å². The molecule has 0 aromatic heterocycles. The molecule has 2 N–H and O–H groups in total. The number of esters is 1. The lowest BCUT2D eigenvalue weighted by atomic mass is 9.82. The van der Waals surface area contributed by atoms with E-state index in [0.717, 1.165) is 5.56 Å². The van der Waals surface area contributed by atoms with E-state index in [-0.39, 0.29) is 24.5 Å². The fourth-order valence-corrected chi connectivity index (χ4v) is 3.51. The summed E-state index contributed by atoms with van der Waals surface area (Å²) in [6, 6.07) is 9.22. The van der Waals surface area contributed by atoms with Crippen LogP contribution in [0, 0.1) is 11.8 Å². The monoisotopic (exact) mass is 377 g/mol. The normalized spacial score (nSPS) is 23.0. The molecule has 1 aromatic carbocycles. The highest BCUT2D eigenvalue weighted by atomic mass is 16.6. The van der Waals surface area contributed by atoms with Crippen LogP contribution in [0.3, 0.4) is 0 Å². The highest BCUT2D eigenvalue weighted by Gasteiger charge is 2.47. The predicted octanol–water partition coefficient (Wildman–Crippen LogP) is 3.42. The van der Waals surface area contributed by atoms with E-state index >= 15 is 0 Å². The van der Waals surface area contributed by atoms with Gasteiger partial charge in [-0.3, -0.25) is 4.79 Å². The molecule has 0 saturated heterocycles. The molecule has 2 rings (SSSR count). The minimum absolute atomic E-state index is 0.193. The smallest absolute Gasteiger partial charge is 0.407 e. The molecule has 1 fully saturated rings. The molecule has 0 spiro atoms. The quantitative estimate of drug-likeness (QED) is 0.768. The molecule has 6 nitrogen and oxygen atoms in total. The fourth-order valence-electron chi connectivity index (χ4n) is 3.51. The Kier molecular flexibility index (Phi) is 6.52. The Hall–Kier alpha value is -2.08. The molecular weight excluding hydrogens is 346 g/mol. The van der Waals surface area contributed by atoms with E-state index in [1.807, 2.05) is 30.3 Å². The molecule has 1 aliphatic rings. The summed E-state index contributed by atoms with van der Waals surface area (Å²) in [5.41, 5.74) is -0.736. The number of hydrogen-bond donors (Lipinski definition) is 2. The molecule has 1 aliphatic carbocycles. The average molecular weight is 377 g/mol. The summed E-state index contributed by atoms with van der Waals surface area (Å²) in [5.74, 6) is -1.13. The summed E-state index contributed by atoms with van der Waals surface area (Å²) >= 11 is 0. The van der Waals surface area contributed by atoms with Crippen molar-refractivity contribution in [2.24, 2.45) is 11.8 Å².